The molecule has 0 saturated carbocycles. The second kappa shape index (κ2) is 6.21. The summed E-state index contributed by atoms with van der Waals surface area (Å²) in [5.41, 5.74) is 6.07. The van der Waals surface area contributed by atoms with E-state index >= 15 is 0 Å². The van der Waals surface area contributed by atoms with Gasteiger partial charge in [-0.15, -0.1) is 0 Å². The molecule has 0 unspecified atom stereocenters. The van der Waals surface area contributed by atoms with Crippen molar-refractivity contribution in [2.24, 2.45) is 0 Å². The van der Waals surface area contributed by atoms with Gasteiger partial charge in [0.05, 0.1) is 3.57 Å². The molecule has 0 aliphatic rings. The third kappa shape index (κ3) is 3.27. The van der Waals surface area contributed by atoms with Crippen LogP contribution in [-0.4, -0.2) is 14.1 Å². The molecule has 0 fully saturated rings. The zero-order valence-electron chi connectivity index (χ0n) is 11.0. The van der Waals surface area contributed by atoms with Crippen molar-refractivity contribution < 1.29 is 0 Å². The van der Waals surface area contributed by atoms with Crippen molar-refractivity contribution in [2.45, 2.75) is 26.4 Å². The zero-order valence-corrected chi connectivity index (χ0v) is 13.2. The Labute approximate surface area is 129 Å². The Morgan fingerprint density at radius 1 is 1.30 bits per heavy atom. The van der Waals surface area contributed by atoms with Gasteiger partial charge in [0.2, 0.25) is 0 Å². The third-order valence-corrected chi connectivity index (χ3v) is 3.73. The zero-order chi connectivity index (χ0) is 14.7. The molecule has 20 heavy (non-hydrogen) atoms. The maximum Gasteiger partial charge on any atom is 0.266 e. The van der Waals surface area contributed by atoms with Crippen molar-refractivity contribution in [3.05, 3.63) is 54.6 Å². The van der Waals surface area contributed by atoms with E-state index in [0.717, 1.165) is 0 Å². The molecule has 0 amide bonds. The first-order valence-electron chi connectivity index (χ1n) is 6.17. The molecule has 2 aromatic rings. The Balaban J connectivity index is 2.11. The molecule has 2 rings (SSSR count). The lowest BCUT2D eigenvalue weighted by atomic mass is 10.3. The molecule has 0 saturated heterocycles. The molecule has 0 spiro atoms. The van der Waals surface area contributed by atoms with Crippen LogP contribution in [0.2, 0.25) is 0 Å². The van der Waals surface area contributed by atoms with Crippen LogP contribution in [0.15, 0.2) is 34.1 Å². The number of aryl methyl sites for hydroxylation is 2. The SMILES string of the molecule is Cc1ncc(I)c(=O)n1CCCn1cc(N)ccc1=O. The second-order valence-corrected chi connectivity index (χ2v) is 5.62. The van der Waals surface area contributed by atoms with E-state index in [4.69, 9.17) is 5.73 Å². The topological polar surface area (TPSA) is 82.9 Å². The fourth-order valence-electron chi connectivity index (χ4n) is 1.94. The summed E-state index contributed by atoms with van der Waals surface area (Å²) in [6.07, 6.45) is 3.84. The highest BCUT2D eigenvalue weighted by atomic mass is 127. The number of nitrogen functional groups attached to an aromatic ring is 1. The van der Waals surface area contributed by atoms with E-state index in [0.29, 0.717) is 34.6 Å². The fourth-order valence-corrected chi connectivity index (χ4v) is 2.37. The summed E-state index contributed by atoms with van der Waals surface area (Å²) in [7, 11) is 0. The van der Waals surface area contributed by atoms with Gasteiger partial charge in [-0.2, -0.15) is 0 Å². The van der Waals surface area contributed by atoms with E-state index in [-0.39, 0.29) is 11.1 Å². The van der Waals surface area contributed by atoms with Gasteiger partial charge in [-0.1, -0.05) is 0 Å². The molecule has 2 aromatic heterocycles. The number of anilines is 1. The minimum absolute atomic E-state index is 0.0435. The molecule has 7 heteroatoms. The Morgan fingerprint density at radius 2 is 2.05 bits per heavy atom. The number of hydrogen-bond donors (Lipinski definition) is 1. The predicted octanol–water partition coefficient (Wildman–Crippen LogP) is 0.991. The number of rotatable bonds is 4. The molecule has 0 radical (unpaired) electrons. The molecule has 0 bridgehead atoms. The largest absolute Gasteiger partial charge is 0.398 e. The number of hydrogen-bond acceptors (Lipinski definition) is 4. The summed E-state index contributed by atoms with van der Waals surface area (Å²) in [5.74, 6) is 0.676. The minimum Gasteiger partial charge on any atom is -0.398 e. The lowest BCUT2D eigenvalue weighted by molar-refractivity contribution is 0.528. The summed E-state index contributed by atoms with van der Waals surface area (Å²) in [6, 6.07) is 3.02. The van der Waals surface area contributed by atoms with Gasteiger partial charge in [-0.25, -0.2) is 4.98 Å². The number of nitrogens with two attached hydrogens (primary N) is 1. The van der Waals surface area contributed by atoms with Crippen LogP contribution in [0.25, 0.3) is 0 Å². The first-order valence-corrected chi connectivity index (χ1v) is 7.25. The van der Waals surface area contributed by atoms with Gasteiger partial charge >= 0.3 is 0 Å². The first kappa shape index (κ1) is 14.8. The maximum absolute atomic E-state index is 12.0. The number of halogens is 1. The monoisotopic (exact) mass is 386 g/mol. The normalized spacial score (nSPS) is 10.7. The maximum atomic E-state index is 12.0. The molecular weight excluding hydrogens is 371 g/mol. The molecule has 2 N–H and O–H groups in total. The van der Waals surface area contributed by atoms with Crippen LogP contribution in [0.4, 0.5) is 5.69 Å². The van der Waals surface area contributed by atoms with Crippen LogP contribution in [0.3, 0.4) is 0 Å². The summed E-state index contributed by atoms with van der Waals surface area (Å²) in [5, 5.41) is 0. The summed E-state index contributed by atoms with van der Waals surface area (Å²) in [6.45, 7) is 2.83. The van der Waals surface area contributed by atoms with Gasteiger partial charge in [0.15, 0.2) is 0 Å². The van der Waals surface area contributed by atoms with Crippen molar-refractivity contribution in [3.63, 3.8) is 0 Å². The lowest BCUT2D eigenvalue weighted by Gasteiger charge is -2.10. The third-order valence-electron chi connectivity index (χ3n) is 2.99. The summed E-state index contributed by atoms with van der Waals surface area (Å²) in [4.78, 5) is 27.8. The van der Waals surface area contributed by atoms with Crippen molar-refractivity contribution in [1.29, 1.82) is 0 Å². The number of pyridine rings is 1. The molecule has 106 valence electrons. The highest BCUT2D eigenvalue weighted by Gasteiger charge is 2.05. The van der Waals surface area contributed by atoms with Gasteiger partial charge < -0.3 is 10.3 Å². The van der Waals surface area contributed by atoms with Crippen LogP contribution in [0.1, 0.15) is 12.2 Å². The van der Waals surface area contributed by atoms with Gasteiger partial charge in [-0.05, 0) is 42.0 Å². The predicted molar refractivity (Wildman–Crippen MR) is 85.7 cm³/mol. The van der Waals surface area contributed by atoms with Crippen molar-refractivity contribution in [1.82, 2.24) is 14.1 Å². The van der Waals surface area contributed by atoms with Crippen LogP contribution in [0, 0.1) is 10.5 Å². The standard InChI is InChI=1S/C13H15IN4O2/c1-9-16-7-11(14)13(20)18(9)6-2-5-17-8-10(15)3-4-12(17)19/h3-4,7-8H,2,5-6,15H2,1H3. The van der Waals surface area contributed by atoms with E-state index in [1.165, 1.54) is 6.07 Å². The van der Waals surface area contributed by atoms with Crippen LogP contribution in [0.5, 0.6) is 0 Å². The second-order valence-electron chi connectivity index (χ2n) is 4.46. The Morgan fingerprint density at radius 3 is 2.80 bits per heavy atom. The van der Waals surface area contributed by atoms with E-state index in [1.807, 2.05) is 22.6 Å². The summed E-state index contributed by atoms with van der Waals surface area (Å²) < 4.78 is 3.77. The smallest absolute Gasteiger partial charge is 0.266 e. The Kier molecular flexibility index (Phi) is 4.58. The van der Waals surface area contributed by atoms with E-state index in [2.05, 4.69) is 4.98 Å². The minimum atomic E-state index is -0.0935. The molecular formula is C13H15IN4O2. The van der Waals surface area contributed by atoms with Crippen LogP contribution in [-0.2, 0) is 13.1 Å². The number of aromatic nitrogens is 3. The van der Waals surface area contributed by atoms with Gasteiger partial charge in [-0.3, -0.25) is 14.2 Å². The average molecular weight is 386 g/mol. The Bertz CT molecular complexity index is 736. The highest BCUT2D eigenvalue weighted by Crippen LogP contribution is 2.01. The fraction of sp³-hybridized carbons (Fsp3) is 0.308. The van der Waals surface area contributed by atoms with Gasteiger partial charge in [0.25, 0.3) is 11.1 Å². The molecule has 2 heterocycles. The van der Waals surface area contributed by atoms with Gasteiger partial charge in [0, 0.05) is 37.2 Å². The van der Waals surface area contributed by atoms with E-state index < -0.39 is 0 Å². The molecule has 0 atom stereocenters. The van der Waals surface area contributed by atoms with Crippen molar-refractivity contribution in [2.75, 3.05) is 5.73 Å². The molecule has 0 aliphatic carbocycles. The molecule has 0 aromatic carbocycles. The molecule has 6 nitrogen and oxygen atoms in total. The van der Waals surface area contributed by atoms with Crippen LogP contribution >= 0.6 is 22.6 Å². The quantitative estimate of drug-likeness (QED) is 0.795. The van der Waals surface area contributed by atoms with Crippen molar-refractivity contribution >= 4 is 28.3 Å². The van der Waals surface area contributed by atoms with E-state index in [1.54, 1.807) is 34.5 Å². The molecule has 0 aliphatic heterocycles. The van der Waals surface area contributed by atoms with E-state index in [9.17, 15) is 9.59 Å². The first-order chi connectivity index (χ1) is 9.49. The summed E-state index contributed by atoms with van der Waals surface area (Å²) >= 11 is 1.97. The Hall–Kier alpha value is -1.64. The van der Waals surface area contributed by atoms with Gasteiger partial charge in [0.1, 0.15) is 5.82 Å². The highest BCUT2D eigenvalue weighted by molar-refractivity contribution is 14.1. The number of nitrogens with zero attached hydrogens (tertiary/aromatic N) is 3. The van der Waals surface area contributed by atoms with Crippen LogP contribution < -0.4 is 16.9 Å². The lowest BCUT2D eigenvalue weighted by Crippen LogP contribution is -2.27. The van der Waals surface area contributed by atoms with Crippen molar-refractivity contribution in [3.8, 4) is 0 Å². The average Bonchev–Trinajstić information content (AvgIpc) is 2.42.